The highest BCUT2D eigenvalue weighted by Gasteiger charge is 2.10. The fourth-order valence-electron chi connectivity index (χ4n) is 1.45. The molecule has 14 heavy (non-hydrogen) atoms. The Hall–Kier alpha value is -1.90. The molecule has 2 rings (SSSR count). The molecule has 3 heteroatoms. The molecule has 0 radical (unpaired) electrons. The third kappa shape index (κ3) is 1.14. The van der Waals surface area contributed by atoms with Crippen LogP contribution in [0.4, 0.5) is 4.39 Å². The third-order valence-electron chi connectivity index (χ3n) is 2.13. The second-order valence-corrected chi connectivity index (χ2v) is 2.96. The predicted octanol–water partition coefficient (Wildman–Crippen LogP) is 2.50. The van der Waals surface area contributed by atoms with Crippen molar-refractivity contribution in [3.05, 3.63) is 41.7 Å². The molecule has 0 bridgehead atoms. The number of aldehydes is 1. The lowest BCUT2D eigenvalue weighted by atomic mass is 10.0. The molecule has 70 valence electrons. The summed E-state index contributed by atoms with van der Waals surface area (Å²) < 4.78 is 13.1. The average molecular weight is 190 g/mol. The molecule has 0 aliphatic carbocycles. The summed E-state index contributed by atoms with van der Waals surface area (Å²) in [6.07, 6.45) is 0.459. The number of hydrogen-bond donors (Lipinski definition) is 1. The van der Waals surface area contributed by atoms with Crippen molar-refractivity contribution in [1.29, 1.82) is 0 Å². The number of phenolic OH excluding ortho intramolecular Hbond substituents is 1. The highest BCUT2D eigenvalue weighted by Crippen LogP contribution is 2.28. The maximum Gasteiger partial charge on any atom is 0.166 e. The van der Waals surface area contributed by atoms with Crippen molar-refractivity contribution in [2.75, 3.05) is 0 Å². The van der Waals surface area contributed by atoms with Gasteiger partial charge < -0.3 is 5.11 Å². The lowest BCUT2D eigenvalue weighted by Crippen LogP contribution is -1.88. The molecule has 0 unspecified atom stereocenters. The Labute approximate surface area is 79.6 Å². The molecule has 0 amide bonds. The summed E-state index contributed by atoms with van der Waals surface area (Å²) in [6, 6.07) is 8.03. The summed E-state index contributed by atoms with van der Waals surface area (Å²) in [5, 5.41) is 10.4. The molecular formula is C11H7FO2. The van der Waals surface area contributed by atoms with Crippen LogP contribution in [0, 0.1) is 5.82 Å². The van der Waals surface area contributed by atoms with Crippen LogP contribution >= 0.6 is 0 Å². The first-order valence-electron chi connectivity index (χ1n) is 4.09. The molecular weight excluding hydrogens is 183 g/mol. The van der Waals surface area contributed by atoms with Gasteiger partial charge in [0.2, 0.25) is 0 Å². The van der Waals surface area contributed by atoms with E-state index < -0.39 is 11.6 Å². The quantitative estimate of drug-likeness (QED) is 0.701. The van der Waals surface area contributed by atoms with Gasteiger partial charge in [-0.15, -0.1) is 0 Å². The maximum atomic E-state index is 13.1. The van der Waals surface area contributed by atoms with Crippen molar-refractivity contribution in [1.82, 2.24) is 0 Å². The number of halogens is 1. The number of carbonyl (C=O) groups is 1. The largest absolute Gasteiger partial charge is 0.504 e. The van der Waals surface area contributed by atoms with E-state index in [1.807, 2.05) is 0 Å². The summed E-state index contributed by atoms with van der Waals surface area (Å²) in [6.45, 7) is 0. The predicted molar refractivity (Wildman–Crippen MR) is 51.0 cm³/mol. The molecule has 0 saturated heterocycles. The first-order chi connectivity index (χ1) is 6.74. The normalized spacial score (nSPS) is 10.4. The van der Waals surface area contributed by atoms with Gasteiger partial charge in [-0.25, -0.2) is 4.39 Å². The Morgan fingerprint density at radius 3 is 2.71 bits per heavy atom. The molecule has 2 nitrogen and oxygen atoms in total. The minimum Gasteiger partial charge on any atom is -0.504 e. The second kappa shape index (κ2) is 3.10. The molecule has 1 N–H and O–H groups in total. The lowest BCUT2D eigenvalue weighted by molar-refractivity contribution is 0.112. The topological polar surface area (TPSA) is 37.3 Å². The van der Waals surface area contributed by atoms with Gasteiger partial charge in [0, 0.05) is 0 Å². The minimum absolute atomic E-state index is 0.000556. The Bertz CT molecular complexity index is 506. The Kier molecular flexibility index (Phi) is 1.93. The number of carbonyl (C=O) groups excluding carboxylic acids is 1. The molecule has 0 spiro atoms. The monoisotopic (exact) mass is 190 g/mol. The van der Waals surface area contributed by atoms with E-state index in [0.717, 1.165) is 0 Å². The fraction of sp³-hybridized carbons (Fsp3) is 0. The van der Waals surface area contributed by atoms with Crippen LogP contribution in [0.5, 0.6) is 5.75 Å². The Morgan fingerprint density at radius 1 is 1.29 bits per heavy atom. The standard InChI is InChI=1S/C11H7FO2/c12-10-5-7-3-1-2-4-8(7)9(6-13)11(10)14/h1-6,14H. The van der Waals surface area contributed by atoms with Crippen molar-refractivity contribution >= 4 is 17.1 Å². The zero-order chi connectivity index (χ0) is 10.1. The van der Waals surface area contributed by atoms with Crippen LogP contribution in [0.15, 0.2) is 30.3 Å². The molecule has 0 atom stereocenters. The maximum absolute atomic E-state index is 13.1. The number of hydrogen-bond acceptors (Lipinski definition) is 2. The molecule has 0 saturated carbocycles. The van der Waals surface area contributed by atoms with E-state index in [-0.39, 0.29) is 5.56 Å². The smallest absolute Gasteiger partial charge is 0.166 e. The molecule has 2 aromatic carbocycles. The van der Waals surface area contributed by atoms with E-state index in [0.29, 0.717) is 17.1 Å². The number of phenols is 1. The highest BCUT2D eigenvalue weighted by molar-refractivity contribution is 6.00. The third-order valence-corrected chi connectivity index (χ3v) is 2.13. The number of benzene rings is 2. The summed E-state index contributed by atoms with van der Waals surface area (Å²) in [5.74, 6) is -1.36. The van der Waals surface area contributed by atoms with E-state index in [1.54, 1.807) is 24.3 Å². The number of fused-ring (bicyclic) bond motifs is 1. The summed E-state index contributed by atoms with van der Waals surface area (Å²) >= 11 is 0. The Morgan fingerprint density at radius 2 is 2.00 bits per heavy atom. The number of rotatable bonds is 1. The van der Waals surface area contributed by atoms with Crippen molar-refractivity contribution < 1.29 is 14.3 Å². The summed E-state index contributed by atoms with van der Waals surface area (Å²) in [5.41, 5.74) is 0.000556. The Balaban J connectivity index is 2.96. The molecule has 0 aliphatic heterocycles. The van der Waals surface area contributed by atoms with E-state index in [9.17, 15) is 14.3 Å². The second-order valence-electron chi connectivity index (χ2n) is 2.96. The van der Waals surface area contributed by atoms with Crippen molar-refractivity contribution in [3.8, 4) is 5.75 Å². The summed E-state index contributed by atoms with van der Waals surface area (Å²) in [7, 11) is 0. The van der Waals surface area contributed by atoms with Gasteiger partial charge in [0.25, 0.3) is 0 Å². The molecule has 0 fully saturated rings. The van der Waals surface area contributed by atoms with Gasteiger partial charge in [-0.1, -0.05) is 24.3 Å². The first kappa shape index (κ1) is 8.69. The van der Waals surface area contributed by atoms with Crippen molar-refractivity contribution in [2.45, 2.75) is 0 Å². The van der Waals surface area contributed by atoms with E-state index >= 15 is 0 Å². The van der Waals surface area contributed by atoms with Gasteiger partial charge >= 0.3 is 0 Å². The van der Waals surface area contributed by atoms with Crippen LogP contribution in [-0.2, 0) is 0 Å². The fourth-order valence-corrected chi connectivity index (χ4v) is 1.45. The molecule has 2 aromatic rings. The zero-order valence-electron chi connectivity index (χ0n) is 7.20. The van der Waals surface area contributed by atoms with Gasteiger partial charge in [-0.05, 0) is 16.8 Å². The van der Waals surface area contributed by atoms with Gasteiger partial charge in [0.05, 0.1) is 5.56 Å². The van der Waals surface area contributed by atoms with E-state index in [4.69, 9.17) is 0 Å². The van der Waals surface area contributed by atoms with Gasteiger partial charge in [0.15, 0.2) is 17.9 Å². The average Bonchev–Trinajstić information content (AvgIpc) is 2.20. The minimum atomic E-state index is -0.772. The molecule has 0 aliphatic rings. The van der Waals surface area contributed by atoms with Crippen LogP contribution in [-0.4, -0.2) is 11.4 Å². The zero-order valence-corrected chi connectivity index (χ0v) is 7.20. The number of aromatic hydroxyl groups is 1. The lowest BCUT2D eigenvalue weighted by Gasteiger charge is -2.04. The van der Waals surface area contributed by atoms with Crippen LogP contribution in [0.3, 0.4) is 0 Å². The SMILES string of the molecule is O=Cc1c(O)c(F)cc2ccccc12. The molecule has 0 heterocycles. The van der Waals surface area contributed by atoms with Crippen molar-refractivity contribution in [3.63, 3.8) is 0 Å². The van der Waals surface area contributed by atoms with Crippen LogP contribution in [0.25, 0.3) is 10.8 Å². The first-order valence-corrected chi connectivity index (χ1v) is 4.09. The highest BCUT2D eigenvalue weighted by atomic mass is 19.1. The molecule has 0 aromatic heterocycles. The van der Waals surface area contributed by atoms with E-state index in [2.05, 4.69) is 0 Å². The van der Waals surface area contributed by atoms with Crippen LogP contribution in [0.1, 0.15) is 10.4 Å². The van der Waals surface area contributed by atoms with Crippen LogP contribution in [0.2, 0.25) is 0 Å². The van der Waals surface area contributed by atoms with Gasteiger partial charge in [-0.2, -0.15) is 0 Å². The van der Waals surface area contributed by atoms with E-state index in [1.165, 1.54) is 6.07 Å². The van der Waals surface area contributed by atoms with Gasteiger partial charge in [-0.3, -0.25) is 4.79 Å². The summed E-state index contributed by atoms with van der Waals surface area (Å²) in [4.78, 5) is 10.7. The van der Waals surface area contributed by atoms with Crippen molar-refractivity contribution in [2.24, 2.45) is 0 Å². The van der Waals surface area contributed by atoms with Gasteiger partial charge in [0.1, 0.15) is 0 Å². The van der Waals surface area contributed by atoms with Crippen LogP contribution < -0.4 is 0 Å².